The molecule has 2 rings (SSSR count). The van der Waals surface area contributed by atoms with Gasteiger partial charge in [-0.15, -0.1) is 0 Å². The van der Waals surface area contributed by atoms with Crippen molar-refractivity contribution >= 4 is 17.3 Å². The summed E-state index contributed by atoms with van der Waals surface area (Å²) < 4.78 is 15.1. The molecule has 1 N–H and O–H groups in total. The summed E-state index contributed by atoms with van der Waals surface area (Å²) in [6, 6.07) is 6.45. The lowest BCUT2D eigenvalue weighted by molar-refractivity contribution is 0.630. The minimum atomic E-state index is -0.358. The third kappa shape index (κ3) is 2.33. The van der Waals surface area contributed by atoms with E-state index in [1.165, 1.54) is 6.07 Å². The zero-order valence-corrected chi connectivity index (χ0v) is 9.50. The number of para-hydroxylation sites is 1. The van der Waals surface area contributed by atoms with Crippen LogP contribution in [0.25, 0.3) is 0 Å². The van der Waals surface area contributed by atoms with Crippen LogP contribution in [-0.4, -0.2) is 9.78 Å². The summed E-state index contributed by atoms with van der Waals surface area (Å²) in [6.45, 7) is 0.446. The molecule has 0 saturated heterocycles. The summed E-state index contributed by atoms with van der Waals surface area (Å²) in [5.41, 5.74) is 1.15. The third-order valence-electron chi connectivity index (χ3n) is 2.18. The fourth-order valence-electron chi connectivity index (χ4n) is 1.40. The van der Waals surface area contributed by atoms with Crippen LogP contribution in [-0.2, 0) is 13.6 Å². The van der Waals surface area contributed by atoms with Crippen molar-refractivity contribution in [1.82, 2.24) is 9.78 Å². The molecule has 0 saturated carbocycles. The molecule has 1 heterocycles. The van der Waals surface area contributed by atoms with Crippen LogP contribution in [0.4, 0.5) is 10.1 Å². The molecule has 0 unspecified atom stereocenters. The average molecular weight is 240 g/mol. The fraction of sp³-hybridized carbons (Fsp3) is 0.182. The maximum Gasteiger partial charge on any atom is 0.147 e. The number of benzene rings is 1. The van der Waals surface area contributed by atoms with E-state index in [2.05, 4.69) is 10.4 Å². The van der Waals surface area contributed by atoms with Gasteiger partial charge in [-0.2, -0.15) is 5.10 Å². The molecule has 1 aromatic heterocycles. The summed E-state index contributed by atoms with van der Waals surface area (Å²) in [5, 5.41) is 7.47. The van der Waals surface area contributed by atoms with Crippen LogP contribution < -0.4 is 5.32 Å². The van der Waals surface area contributed by atoms with Gasteiger partial charge in [-0.3, -0.25) is 4.68 Å². The standard InChI is InChI=1S/C11H11ClFN3/c1-16-6-5-8(15-16)7-14-11-9(12)3-2-4-10(11)13/h2-6,14H,7H2,1H3. The van der Waals surface area contributed by atoms with Gasteiger partial charge in [0.1, 0.15) is 5.82 Å². The predicted octanol–water partition coefficient (Wildman–Crippen LogP) is 2.82. The van der Waals surface area contributed by atoms with Gasteiger partial charge in [0.2, 0.25) is 0 Å². The second-order valence-electron chi connectivity index (χ2n) is 3.43. The van der Waals surface area contributed by atoms with Crippen molar-refractivity contribution in [3.63, 3.8) is 0 Å². The summed E-state index contributed by atoms with van der Waals surface area (Å²) in [6.07, 6.45) is 1.83. The zero-order valence-electron chi connectivity index (χ0n) is 8.74. The molecular formula is C11H11ClFN3. The van der Waals surface area contributed by atoms with Crippen molar-refractivity contribution in [2.24, 2.45) is 7.05 Å². The summed E-state index contributed by atoms with van der Waals surface area (Å²) >= 11 is 5.87. The SMILES string of the molecule is Cn1ccc(CNc2c(F)cccc2Cl)n1. The molecule has 0 aliphatic heterocycles. The summed E-state index contributed by atoms with van der Waals surface area (Å²) in [7, 11) is 1.83. The van der Waals surface area contributed by atoms with Gasteiger partial charge in [-0.25, -0.2) is 4.39 Å². The van der Waals surface area contributed by atoms with Crippen molar-refractivity contribution in [3.8, 4) is 0 Å². The summed E-state index contributed by atoms with van der Waals surface area (Å²) in [4.78, 5) is 0. The minimum Gasteiger partial charge on any atom is -0.376 e. The Morgan fingerprint density at radius 1 is 1.44 bits per heavy atom. The lowest BCUT2D eigenvalue weighted by Crippen LogP contribution is -2.03. The Morgan fingerprint density at radius 3 is 2.88 bits per heavy atom. The van der Waals surface area contributed by atoms with Crippen LogP contribution >= 0.6 is 11.6 Å². The van der Waals surface area contributed by atoms with Gasteiger partial charge < -0.3 is 5.32 Å². The van der Waals surface area contributed by atoms with E-state index in [9.17, 15) is 4.39 Å². The highest BCUT2D eigenvalue weighted by Gasteiger charge is 2.06. The normalized spacial score (nSPS) is 10.4. The maximum atomic E-state index is 13.4. The molecular weight excluding hydrogens is 229 g/mol. The molecule has 0 aliphatic carbocycles. The first-order valence-corrected chi connectivity index (χ1v) is 5.21. The van der Waals surface area contributed by atoms with E-state index in [0.29, 0.717) is 17.3 Å². The molecule has 0 spiro atoms. The van der Waals surface area contributed by atoms with Crippen molar-refractivity contribution in [2.75, 3.05) is 5.32 Å². The Labute approximate surface area is 97.8 Å². The molecule has 5 heteroatoms. The monoisotopic (exact) mass is 239 g/mol. The lowest BCUT2D eigenvalue weighted by Gasteiger charge is -2.07. The molecule has 3 nitrogen and oxygen atoms in total. The van der Waals surface area contributed by atoms with Crippen LogP contribution in [0.5, 0.6) is 0 Å². The number of hydrogen-bond acceptors (Lipinski definition) is 2. The number of anilines is 1. The van der Waals surface area contributed by atoms with E-state index < -0.39 is 0 Å². The van der Waals surface area contributed by atoms with Crippen LogP contribution in [0.3, 0.4) is 0 Å². The van der Waals surface area contributed by atoms with E-state index in [1.54, 1.807) is 16.8 Å². The van der Waals surface area contributed by atoms with Gasteiger partial charge in [-0.1, -0.05) is 17.7 Å². The van der Waals surface area contributed by atoms with E-state index >= 15 is 0 Å². The topological polar surface area (TPSA) is 29.9 Å². The van der Waals surface area contributed by atoms with Crippen LogP contribution in [0.15, 0.2) is 30.5 Å². The smallest absolute Gasteiger partial charge is 0.147 e. The summed E-state index contributed by atoms with van der Waals surface area (Å²) in [5.74, 6) is -0.358. The molecule has 0 aliphatic rings. The second-order valence-corrected chi connectivity index (χ2v) is 3.84. The quantitative estimate of drug-likeness (QED) is 0.893. The van der Waals surface area contributed by atoms with Crippen LogP contribution in [0, 0.1) is 5.82 Å². The molecule has 0 atom stereocenters. The Kier molecular flexibility index (Phi) is 3.10. The van der Waals surface area contributed by atoms with Crippen LogP contribution in [0.2, 0.25) is 5.02 Å². The highest BCUT2D eigenvalue weighted by Crippen LogP contribution is 2.24. The van der Waals surface area contributed by atoms with Crippen molar-refractivity contribution in [1.29, 1.82) is 0 Å². The van der Waals surface area contributed by atoms with E-state index in [4.69, 9.17) is 11.6 Å². The number of rotatable bonds is 3. The van der Waals surface area contributed by atoms with E-state index in [1.807, 2.05) is 19.3 Å². The maximum absolute atomic E-state index is 13.4. The first-order chi connectivity index (χ1) is 7.66. The first kappa shape index (κ1) is 11.0. The van der Waals surface area contributed by atoms with Gasteiger partial charge in [0.15, 0.2) is 0 Å². The second kappa shape index (κ2) is 4.53. The Morgan fingerprint density at radius 2 is 2.25 bits per heavy atom. The molecule has 0 bridgehead atoms. The first-order valence-electron chi connectivity index (χ1n) is 4.83. The molecule has 16 heavy (non-hydrogen) atoms. The van der Waals surface area contributed by atoms with E-state index in [0.717, 1.165) is 5.69 Å². The van der Waals surface area contributed by atoms with Gasteiger partial charge in [-0.05, 0) is 18.2 Å². The number of aryl methyl sites for hydroxylation is 1. The molecule has 0 radical (unpaired) electrons. The Hall–Kier alpha value is -1.55. The van der Waals surface area contributed by atoms with Gasteiger partial charge in [0.05, 0.1) is 22.9 Å². The molecule has 0 fully saturated rings. The van der Waals surface area contributed by atoms with E-state index in [-0.39, 0.29) is 5.82 Å². The average Bonchev–Trinajstić information content (AvgIpc) is 2.63. The predicted molar refractivity (Wildman–Crippen MR) is 61.9 cm³/mol. The molecule has 84 valence electrons. The number of aromatic nitrogens is 2. The largest absolute Gasteiger partial charge is 0.376 e. The Balaban J connectivity index is 2.10. The molecule has 2 aromatic rings. The molecule has 0 amide bonds. The lowest BCUT2D eigenvalue weighted by atomic mass is 10.3. The zero-order chi connectivity index (χ0) is 11.5. The highest BCUT2D eigenvalue weighted by atomic mass is 35.5. The van der Waals surface area contributed by atoms with Gasteiger partial charge in [0, 0.05) is 13.2 Å². The number of nitrogens with one attached hydrogen (secondary N) is 1. The fourth-order valence-corrected chi connectivity index (χ4v) is 1.63. The molecule has 1 aromatic carbocycles. The highest BCUT2D eigenvalue weighted by molar-refractivity contribution is 6.33. The number of hydrogen-bond donors (Lipinski definition) is 1. The number of nitrogens with zero attached hydrogens (tertiary/aromatic N) is 2. The minimum absolute atomic E-state index is 0.315. The van der Waals surface area contributed by atoms with Gasteiger partial charge in [0.25, 0.3) is 0 Å². The number of halogens is 2. The van der Waals surface area contributed by atoms with Gasteiger partial charge >= 0.3 is 0 Å². The third-order valence-corrected chi connectivity index (χ3v) is 2.49. The van der Waals surface area contributed by atoms with Crippen molar-refractivity contribution < 1.29 is 4.39 Å². The Bertz CT molecular complexity index is 475. The van der Waals surface area contributed by atoms with Crippen molar-refractivity contribution in [3.05, 3.63) is 47.0 Å². The van der Waals surface area contributed by atoms with Crippen LogP contribution in [0.1, 0.15) is 5.69 Å². The van der Waals surface area contributed by atoms with Crippen molar-refractivity contribution in [2.45, 2.75) is 6.54 Å².